The fourth-order valence-corrected chi connectivity index (χ4v) is 3.75. The number of carbonyl (C=O) groups excluding carboxylic acids is 2. The molecule has 5 N–H and O–H groups in total. The van der Waals surface area contributed by atoms with Crippen molar-refractivity contribution in [2.45, 2.75) is 37.5 Å². The summed E-state index contributed by atoms with van der Waals surface area (Å²) in [6, 6.07) is 14.9. The van der Waals surface area contributed by atoms with E-state index in [-0.39, 0.29) is 24.7 Å². The number of carboxylic acids is 1. The van der Waals surface area contributed by atoms with Crippen molar-refractivity contribution in [3.63, 3.8) is 0 Å². The molecule has 3 atom stereocenters. The van der Waals surface area contributed by atoms with Gasteiger partial charge in [0.25, 0.3) is 0 Å². The van der Waals surface area contributed by atoms with E-state index in [0.29, 0.717) is 17.5 Å². The number of nitrogens with one attached hydrogen (secondary N) is 2. The SMILES string of the molecule is CN1C(=O)O[C@@H](CC(=O)N[C@@H](CC(=O)O)c2ccccc2)C[C@H]1c1ccc(C(=N)N)cc1. The zero-order valence-electron chi connectivity index (χ0n) is 17.7. The highest BCUT2D eigenvalue weighted by Crippen LogP contribution is 2.32. The number of amides is 2. The first-order chi connectivity index (χ1) is 15.2. The van der Waals surface area contributed by atoms with Gasteiger partial charge in [-0.2, -0.15) is 0 Å². The molecule has 0 aliphatic carbocycles. The predicted octanol–water partition coefficient (Wildman–Crippen LogP) is 2.57. The maximum Gasteiger partial charge on any atom is 0.410 e. The summed E-state index contributed by atoms with van der Waals surface area (Å²) in [7, 11) is 1.63. The molecule has 9 nitrogen and oxygen atoms in total. The summed E-state index contributed by atoms with van der Waals surface area (Å²) in [6.45, 7) is 0. The van der Waals surface area contributed by atoms with Crippen LogP contribution in [0.5, 0.6) is 0 Å². The number of hydrogen-bond acceptors (Lipinski definition) is 5. The molecular formula is C23H26N4O5. The van der Waals surface area contributed by atoms with Gasteiger partial charge >= 0.3 is 12.1 Å². The molecule has 1 heterocycles. The van der Waals surface area contributed by atoms with Crippen molar-refractivity contribution < 1.29 is 24.2 Å². The molecule has 0 spiro atoms. The number of nitrogens with two attached hydrogens (primary N) is 1. The third-order valence-electron chi connectivity index (χ3n) is 5.44. The van der Waals surface area contributed by atoms with E-state index in [1.165, 1.54) is 4.90 Å². The number of carbonyl (C=O) groups is 3. The van der Waals surface area contributed by atoms with Gasteiger partial charge in [0.05, 0.1) is 24.9 Å². The van der Waals surface area contributed by atoms with Gasteiger partial charge in [-0.25, -0.2) is 4.79 Å². The highest BCUT2D eigenvalue weighted by Gasteiger charge is 2.35. The Morgan fingerprint density at radius 1 is 1.22 bits per heavy atom. The number of amidine groups is 1. The molecule has 0 radical (unpaired) electrons. The Bertz CT molecular complexity index is 993. The molecule has 2 amide bonds. The molecular weight excluding hydrogens is 412 g/mol. The fraction of sp³-hybridized carbons (Fsp3) is 0.304. The van der Waals surface area contributed by atoms with E-state index in [4.69, 9.17) is 15.9 Å². The number of nitrogens with zero attached hydrogens (tertiary/aromatic N) is 1. The van der Waals surface area contributed by atoms with Crippen LogP contribution in [0.25, 0.3) is 0 Å². The molecule has 1 fully saturated rings. The van der Waals surface area contributed by atoms with Crippen molar-refractivity contribution in [2.75, 3.05) is 7.05 Å². The van der Waals surface area contributed by atoms with Crippen molar-refractivity contribution in [3.05, 3.63) is 71.3 Å². The van der Waals surface area contributed by atoms with E-state index in [1.54, 1.807) is 55.6 Å². The molecule has 0 unspecified atom stereocenters. The van der Waals surface area contributed by atoms with Crippen LogP contribution in [0.4, 0.5) is 4.79 Å². The zero-order chi connectivity index (χ0) is 23.3. The number of rotatable bonds is 8. The summed E-state index contributed by atoms with van der Waals surface area (Å²) in [5, 5.41) is 19.5. The largest absolute Gasteiger partial charge is 0.481 e. The van der Waals surface area contributed by atoms with Gasteiger partial charge in [-0.3, -0.25) is 15.0 Å². The van der Waals surface area contributed by atoms with Crippen LogP contribution >= 0.6 is 0 Å². The number of nitrogen functional groups attached to an aromatic ring is 1. The van der Waals surface area contributed by atoms with Crippen LogP contribution in [0, 0.1) is 5.41 Å². The third kappa shape index (κ3) is 5.63. The highest BCUT2D eigenvalue weighted by molar-refractivity contribution is 5.94. The molecule has 1 aliphatic rings. The average Bonchev–Trinajstić information content (AvgIpc) is 2.76. The van der Waals surface area contributed by atoms with Gasteiger partial charge in [0.1, 0.15) is 11.9 Å². The molecule has 1 aliphatic heterocycles. The number of carboxylic acid groups (broad SMARTS) is 1. The van der Waals surface area contributed by atoms with Gasteiger partial charge in [-0.1, -0.05) is 54.6 Å². The van der Waals surface area contributed by atoms with Gasteiger partial charge in [0.2, 0.25) is 5.91 Å². The van der Waals surface area contributed by atoms with Crippen LogP contribution in [-0.4, -0.2) is 47.0 Å². The quantitative estimate of drug-likeness (QED) is 0.368. The number of benzene rings is 2. The average molecular weight is 438 g/mol. The van der Waals surface area contributed by atoms with Gasteiger partial charge in [-0.15, -0.1) is 0 Å². The Hall–Kier alpha value is -3.88. The van der Waals surface area contributed by atoms with Crippen molar-refractivity contribution in [1.82, 2.24) is 10.2 Å². The molecule has 1 saturated heterocycles. The summed E-state index contributed by atoms with van der Waals surface area (Å²) in [5.74, 6) is -1.47. The minimum absolute atomic E-state index is 0.0446. The normalized spacial score (nSPS) is 19.0. The Labute approximate surface area is 185 Å². The summed E-state index contributed by atoms with van der Waals surface area (Å²) in [6.07, 6.45) is -1.14. The second-order valence-corrected chi connectivity index (χ2v) is 7.74. The van der Waals surface area contributed by atoms with E-state index in [9.17, 15) is 19.5 Å². The minimum atomic E-state index is -1.03. The first-order valence-electron chi connectivity index (χ1n) is 10.2. The molecule has 168 valence electrons. The van der Waals surface area contributed by atoms with Crippen LogP contribution < -0.4 is 11.1 Å². The lowest BCUT2D eigenvalue weighted by molar-refractivity contribution is -0.137. The standard InChI is InChI=1S/C23H26N4O5/c1-27-19(15-7-9-16(10-8-15)22(24)25)11-17(32-23(27)31)12-20(28)26-18(13-21(29)30)14-5-3-2-4-6-14/h2-10,17-19H,11-13H2,1H3,(H3,24,25)(H,26,28)(H,29,30)/t17-,18+,19+/m1/s1. The van der Waals surface area contributed by atoms with E-state index >= 15 is 0 Å². The van der Waals surface area contributed by atoms with E-state index in [2.05, 4.69) is 5.32 Å². The van der Waals surface area contributed by atoms with Crippen molar-refractivity contribution in [1.29, 1.82) is 5.41 Å². The summed E-state index contributed by atoms with van der Waals surface area (Å²) in [5.41, 5.74) is 7.61. The van der Waals surface area contributed by atoms with Crippen molar-refractivity contribution in [2.24, 2.45) is 5.73 Å². The summed E-state index contributed by atoms with van der Waals surface area (Å²) >= 11 is 0. The second-order valence-electron chi connectivity index (χ2n) is 7.74. The van der Waals surface area contributed by atoms with Crippen LogP contribution in [0.2, 0.25) is 0 Å². The van der Waals surface area contributed by atoms with Crippen molar-refractivity contribution in [3.8, 4) is 0 Å². The Morgan fingerprint density at radius 2 is 1.88 bits per heavy atom. The van der Waals surface area contributed by atoms with Gasteiger partial charge in [0.15, 0.2) is 0 Å². The van der Waals surface area contributed by atoms with Crippen LogP contribution in [0.1, 0.15) is 48.0 Å². The second kappa shape index (κ2) is 9.95. The number of hydrogen-bond donors (Lipinski definition) is 4. The number of ether oxygens (including phenoxy) is 1. The third-order valence-corrected chi connectivity index (χ3v) is 5.44. The lowest BCUT2D eigenvalue weighted by Gasteiger charge is -2.37. The molecule has 32 heavy (non-hydrogen) atoms. The first kappa shape index (κ1) is 22.8. The monoisotopic (exact) mass is 438 g/mol. The molecule has 0 bridgehead atoms. The maximum absolute atomic E-state index is 12.7. The van der Waals surface area contributed by atoms with Gasteiger partial charge in [-0.05, 0) is 11.1 Å². The van der Waals surface area contributed by atoms with Crippen LogP contribution in [0.15, 0.2) is 54.6 Å². The van der Waals surface area contributed by atoms with E-state index in [1.807, 2.05) is 6.07 Å². The molecule has 2 aromatic carbocycles. The number of aliphatic carboxylic acids is 1. The summed E-state index contributed by atoms with van der Waals surface area (Å²) < 4.78 is 5.41. The summed E-state index contributed by atoms with van der Waals surface area (Å²) in [4.78, 5) is 37.8. The predicted molar refractivity (Wildman–Crippen MR) is 117 cm³/mol. The lowest BCUT2D eigenvalue weighted by atomic mass is 9.95. The smallest absolute Gasteiger partial charge is 0.410 e. The molecule has 2 aromatic rings. The zero-order valence-corrected chi connectivity index (χ0v) is 17.7. The molecule has 3 rings (SSSR count). The Morgan fingerprint density at radius 3 is 2.47 bits per heavy atom. The topological polar surface area (TPSA) is 146 Å². The minimum Gasteiger partial charge on any atom is -0.481 e. The van der Waals surface area contributed by atoms with Gasteiger partial charge < -0.3 is 25.8 Å². The van der Waals surface area contributed by atoms with E-state index < -0.39 is 30.1 Å². The van der Waals surface area contributed by atoms with Crippen LogP contribution in [0.3, 0.4) is 0 Å². The lowest BCUT2D eigenvalue weighted by Crippen LogP contribution is -2.44. The van der Waals surface area contributed by atoms with Crippen LogP contribution in [-0.2, 0) is 14.3 Å². The Balaban J connectivity index is 1.69. The van der Waals surface area contributed by atoms with Crippen molar-refractivity contribution >= 4 is 23.8 Å². The highest BCUT2D eigenvalue weighted by atomic mass is 16.6. The maximum atomic E-state index is 12.7. The van der Waals surface area contributed by atoms with E-state index in [0.717, 1.165) is 5.56 Å². The first-order valence-corrected chi connectivity index (χ1v) is 10.2. The Kier molecular flexibility index (Phi) is 7.09. The molecule has 0 saturated carbocycles. The molecule has 9 heteroatoms. The number of cyclic esters (lactones) is 1. The fourth-order valence-electron chi connectivity index (χ4n) is 3.75. The molecule has 0 aromatic heterocycles. The van der Waals surface area contributed by atoms with Gasteiger partial charge in [0, 0.05) is 19.0 Å².